The van der Waals surface area contributed by atoms with Crippen molar-refractivity contribution < 1.29 is 13.9 Å². The summed E-state index contributed by atoms with van der Waals surface area (Å²) in [7, 11) is 3.64. The van der Waals surface area contributed by atoms with Crippen LogP contribution in [0.25, 0.3) is 11.0 Å². The molecule has 0 saturated heterocycles. The average Bonchev–Trinajstić information content (AvgIpc) is 3.16. The molecule has 1 aliphatic rings. The number of fused-ring (bicyclic) bond motifs is 2. The number of carbonyl (C=O) groups excluding carboxylic acids is 1. The maximum absolute atomic E-state index is 13.1. The van der Waals surface area contributed by atoms with Gasteiger partial charge in [-0.15, -0.1) is 0 Å². The second-order valence-corrected chi connectivity index (χ2v) is 7.42. The van der Waals surface area contributed by atoms with E-state index >= 15 is 0 Å². The number of nitrogens with zero attached hydrogens (tertiary/aromatic N) is 2. The monoisotopic (exact) mass is 378 g/mol. The molecule has 0 aliphatic carbocycles. The number of benzene rings is 2. The fourth-order valence-electron chi connectivity index (χ4n) is 3.82. The number of hydrogen-bond donors (Lipinski definition) is 0. The number of rotatable bonds is 5. The Kier molecular flexibility index (Phi) is 5.09. The van der Waals surface area contributed by atoms with E-state index in [1.807, 2.05) is 59.3 Å². The summed E-state index contributed by atoms with van der Waals surface area (Å²) in [5.74, 6) is 1.82. The molecule has 146 valence electrons. The summed E-state index contributed by atoms with van der Waals surface area (Å²) in [6, 6.07) is 16.0. The van der Waals surface area contributed by atoms with Crippen LogP contribution in [0, 0.1) is 0 Å². The lowest BCUT2D eigenvalue weighted by Gasteiger charge is -2.32. The Morgan fingerprint density at radius 3 is 2.86 bits per heavy atom. The summed E-state index contributed by atoms with van der Waals surface area (Å²) in [6.07, 6.45) is 1.94. The molecule has 0 N–H and O–H groups in total. The number of amides is 1. The molecule has 1 unspecified atom stereocenters. The Balaban J connectivity index is 1.49. The van der Waals surface area contributed by atoms with Crippen molar-refractivity contribution in [3.05, 3.63) is 59.9 Å². The van der Waals surface area contributed by atoms with Gasteiger partial charge in [0.2, 0.25) is 5.91 Å². The van der Waals surface area contributed by atoms with Gasteiger partial charge in [0, 0.05) is 17.6 Å². The first-order valence-corrected chi connectivity index (χ1v) is 9.73. The molecule has 1 aliphatic heterocycles. The van der Waals surface area contributed by atoms with Gasteiger partial charge >= 0.3 is 0 Å². The first-order valence-electron chi connectivity index (χ1n) is 9.73. The van der Waals surface area contributed by atoms with Gasteiger partial charge in [0.15, 0.2) is 0 Å². The van der Waals surface area contributed by atoms with Crippen LogP contribution in [-0.2, 0) is 11.2 Å². The second kappa shape index (κ2) is 7.68. The van der Waals surface area contributed by atoms with Crippen molar-refractivity contribution in [1.82, 2.24) is 4.90 Å². The van der Waals surface area contributed by atoms with Crippen LogP contribution in [0.5, 0.6) is 5.75 Å². The molecule has 0 radical (unpaired) electrons. The molecule has 3 aromatic rings. The van der Waals surface area contributed by atoms with Crippen molar-refractivity contribution in [3.63, 3.8) is 0 Å². The summed E-state index contributed by atoms with van der Waals surface area (Å²) < 4.78 is 11.3. The molecule has 1 atom stereocenters. The zero-order chi connectivity index (χ0) is 19.7. The molecule has 2 heterocycles. The van der Waals surface area contributed by atoms with Crippen LogP contribution >= 0.6 is 0 Å². The zero-order valence-electron chi connectivity index (χ0n) is 16.6. The second-order valence-electron chi connectivity index (χ2n) is 7.42. The number of methoxy groups -OCH3 is 1. The summed E-state index contributed by atoms with van der Waals surface area (Å²) in [5.41, 5.74) is 3.05. The minimum absolute atomic E-state index is 0.0106. The molecule has 2 aromatic carbocycles. The van der Waals surface area contributed by atoms with E-state index in [4.69, 9.17) is 9.15 Å². The third-order valence-electron chi connectivity index (χ3n) is 5.61. The lowest BCUT2D eigenvalue weighted by atomic mass is 10.0. The van der Waals surface area contributed by atoms with E-state index in [1.165, 1.54) is 5.56 Å². The van der Waals surface area contributed by atoms with Crippen molar-refractivity contribution in [2.45, 2.75) is 25.8 Å². The summed E-state index contributed by atoms with van der Waals surface area (Å²) >= 11 is 0. The highest BCUT2D eigenvalue weighted by atomic mass is 16.5. The van der Waals surface area contributed by atoms with Gasteiger partial charge in [-0.2, -0.15) is 0 Å². The standard InChI is InChI=1S/C23H26N2O3/c1-16(22-14-18-7-4-5-9-21(18)28-22)24(2)15-23(26)25-12-6-8-17-13-19(27-3)10-11-20(17)25/h4-5,7,9-11,13-14,16H,6,8,12,15H2,1-3H3. The molecular formula is C23H26N2O3. The first-order chi connectivity index (χ1) is 13.6. The minimum atomic E-state index is 0.0106. The van der Waals surface area contributed by atoms with Crippen LogP contribution in [0.3, 0.4) is 0 Å². The van der Waals surface area contributed by atoms with Gasteiger partial charge in [-0.05, 0) is 62.7 Å². The third-order valence-corrected chi connectivity index (χ3v) is 5.61. The van der Waals surface area contributed by atoms with E-state index < -0.39 is 0 Å². The SMILES string of the molecule is COc1ccc2c(c1)CCCN2C(=O)CN(C)C(C)c1cc2ccccc2o1. The zero-order valence-corrected chi connectivity index (χ0v) is 16.6. The Hall–Kier alpha value is -2.79. The van der Waals surface area contributed by atoms with Crippen LogP contribution in [0.4, 0.5) is 5.69 Å². The number of aryl methyl sites for hydroxylation is 1. The van der Waals surface area contributed by atoms with E-state index in [0.717, 1.165) is 47.6 Å². The number of furan rings is 1. The third kappa shape index (κ3) is 3.50. The quantitative estimate of drug-likeness (QED) is 0.660. The van der Waals surface area contributed by atoms with Crippen LogP contribution in [0.1, 0.15) is 30.7 Å². The molecular weight excluding hydrogens is 352 g/mol. The van der Waals surface area contributed by atoms with E-state index in [2.05, 4.69) is 13.0 Å². The molecule has 0 fully saturated rings. The Morgan fingerprint density at radius 1 is 1.25 bits per heavy atom. The summed E-state index contributed by atoms with van der Waals surface area (Å²) in [4.78, 5) is 17.0. The highest BCUT2D eigenvalue weighted by Crippen LogP contribution is 2.31. The number of ether oxygens (including phenoxy) is 1. The van der Waals surface area contributed by atoms with Crippen LogP contribution in [-0.4, -0.2) is 38.1 Å². The number of anilines is 1. The van der Waals surface area contributed by atoms with Gasteiger partial charge in [0.25, 0.3) is 0 Å². The average molecular weight is 378 g/mol. The molecule has 0 saturated carbocycles. The van der Waals surface area contributed by atoms with Crippen molar-refractivity contribution in [2.75, 3.05) is 32.1 Å². The number of hydrogen-bond acceptors (Lipinski definition) is 4. The van der Waals surface area contributed by atoms with E-state index in [1.54, 1.807) is 7.11 Å². The van der Waals surface area contributed by atoms with Gasteiger partial charge in [0.1, 0.15) is 17.1 Å². The largest absolute Gasteiger partial charge is 0.497 e. The maximum Gasteiger partial charge on any atom is 0.241 e. The van der Waals surface area contributed by atoms with Crippen molar-refractivity contribution in [2.24, 2.45) is 0 Å². The van der Waals surface area contributed by atoms with Gasteiger partial charge in [-0.3, -0.25) is 9.69 Å². The van der Waals surface area contributed by atoms with Crippen LogP contribution in [0.2, 0.25) is 0 Å². The minimum Gasteiger partial charge on any atom is -0.497 e. The summed E-state index contributed by atoms with van der Waals surface area (Å²) in [5, 5.41) is 1.09. The van der Waals surface area contributed by atoms with Gasteiger partial charge < -0.3 is 14.1 Å². The highest BCUT2D eigenvalue weighted by Gasteiger charge is 2.26. The number of likely N-dealkylation sites (N-methyl/N-ethyl adjacent to an activating group) is 1. The number of carbonyl (C=O) groups is 1. The molecule has 5 nitrogen and oxygen atoms in total. The predicted molar refractivity (Wildman–Crippen MR) is 111 cm³/mol. The molecule has 0 bridgehead atoms. The predicted octanol–water partition coefficient (Wildman–Crippen LogP) is 4.41. The summed E-state index contributed by atoms with van der Waals surface area (Å²) in [6.45, 7) is 3.16. The maximum atomic E-state index is 13.1. The molecule has 28 heavy (non-hydrogen) atoms. The lowest BCUT2D eigenvalue weighted by Crippen LogP contribution is -2.42. The normalized spacial score (nSPS) is 14.9. The topological polar surface area (TPSA) is 45.9 Å². The number of para-hydroxylation sites is 1. The van der Waals surface area contributed by atoms with Crippen LogP contribution < -0.4 is 9.64 Å². The van der Waals surface area contributed by atoms with Crippen molar-refractivity contribution in [3.8, 4) is 5.75 Å². The Labute approximate surface area is 165 Å². The fraction of sp³-hybridized carbons (Fsp3) is 0.348. The smallest absolute Gasteiger partial charge is 0.241 e. The van der Waals surface area contributed by atoms with Crippen molar-refractivity contribution in [1.29, 1.82) is 0 Å². The van der Waals surface area contributed by atoms with Crippen molar-refractivity contribution >= 4 is 22.6 Å². The highest BCUT2D eigenvalue weighted by molar-refractivity contribution is 5.96. The fourth-order valence-corrected chi connectivity index (χ4v) is 3.82. The molecule has 0 spiro atoms. The van der Waals surface area contributed by atoms with Crippen LogP contribution in [0.15, 0.2) is 52.9 Å². The molecule has 5 heteroatoms. The van der Waals surface area contributed by atoms with E-state index in [0.29, 0.717) is 6.54 Å². The lowest BCUT2D eigenvalue weighted by molar-refractivity contribution is -0.120. The van der Waals surface area contributed by atoms with Gasteiger partial charge in [0.05, 0.1) is 19.7 Å². The van der Waals surface area contributed by atoms with E-state index in [-0.39, 0.29) is 11.9 Å². The molecule has 4 rings (SSSR count). The molecule has 1 amide bonds. The Bertz CT molecular complexity index is 961. The van der Waals surface area contributed by atoms with Gasteiger partial charge in [-0.1, -0.05) is 18.2 Å². The Morgan fingerprint density at radius 2 is 2.07 bits per heavy atom. The van der Waals surface area contributed by atoms with Gasteiger partial charge in [-0.25, -0.2) is 0 Å². The van der Waals surface area contributed by atoms with E-state index in [9.17, 15) is 4.79 Å². The molecule has 1 aromatic heterocycles. The first kappa shape index (κ1) is 18.6.